The van der Waals surface area contributed by atoms with E-state index in [0.717, 1.165) is 11.3 Å². The monoisotopic (exact) mass is 326 g/mol. The number of aliphatic hydroxyl groups is 1. The van der Waals surface area contributed by atoms with Crippen molar-refractivity contribution in [3.05, 3.63) is 44.2 Å². The molecule has 0 aliphatic carbocycles. The molecule has 0 atom stereocenters. The van der Waals surface area contributed by atoms with E-state index in [9.17, 15) is 4.79 Å². The molecule has 0 fully saturated rings. The number of hydrogen-bond donors (Lipinski definition) is 2. The lowest BCUT2D eigenvalue weighted by Crippen LogP contribution is -2.12. The van der Waals surface area contributed by atoms with E-state index in [1.54, 1.807) is 12.1 Å². The summed E-state index contributed by atoms with van der Waals surface area (Å²) < 4.78 is 0.763. The van der Waals surface area contributed by atoms with Crippen molar-refractivity contribution < 1.29 is 9.90 Å². The van der Waals surface area contributed by atoms with Crippen molar-refractivity contribution in [2.24, 2.45) is 0 Å². The summed E-state index contributed by atoms with van der Waals surface area (Å²) in [6.45, 7) is -0.229. The van der Waals surface area contributed by atoms with Gasteiger partial charge in [0.2, 0.25) is 0 Å². The zero-order valence-corrected chi connectivity index (χ0v) is 12.3. The summed E-state index contributed by atoms with van der Waals surface area (Å²) in [5.74, 6) is 5.20. The van der Waals surface area contributed by atoms with Gasteiger partial charge in [0.05, 0.1) is 9.90 Å². The normalized spacial score (nSPS) is 9.75. The Balaban J connectivity index is 2.17. The second-order valence-electron chi connectivity index (χ2n) is 3.58. The number of nitrogens with zero attached hydrogens (tertiary/aromatic N) is 1. The summed E-state index contributed by atoms with van der Waals surface area (Å²) in [5, 5.41) is 11.3. The molecule has 1 amide bonds. The van der Waals surface area contributed by atoms with Crippen molar-refractivity contribution in [3.63, 3.8) is 0 Å². The fourth-order valence-electron chi connectivity index (χ4n) is 1.40. The number of amides is 1. The van der Waals surface area contributed by atoms with Crippen LogP contribution in [0.4, 0.5) is 5.82 Å². The molecule has 2 heterocycles. The first-order chi connectivity index (χ1) is 9.60. The number of aliphatic hydroxyl groups excluding tert-OH is 1. The zero-order chi connectivity index (χ0) is 14.5. The van der Waals surface area contributed by atoms with Gasteiger partial charge in [-0.05, 0) is 18.2 Å². The molecule has 0 aliphatic heterocycles. The minimum atomic E-state index is -0.391. The Morgan fingerprint density at radius 3 is 2.90 bits per heavy atom. The summed E-state index contributed by atoms with van der Waals surface area (Å²) in [6, 6.07) is 4.77. The van der Waals surface area contributed by atoms with Crippen LogP contribution in [0, 0.1) is 11.8 Å². The van der Waals surface area contributed by atoms with Crippen molar-refractivity contribution in [2.45, 2.75) is 0 Å². The molecule has 0 saturated heterocycles. The van der Waals surface area contributed by atoms with Crippen molar-refractivity contribution in [3.8, 4) is 11.8 Å². The summed E-state index contributed by atoms with van der Waals surface area (Å²) in [4.78, 5) is 16.0. The topological polar surface area (TPSA) is 62.2 Å². The Kier molecular flexibility index (Phi) is 4.99. The third-order valence-corrected chi connectivity index (χ3v) is 3.70. The molecule has 4 nitrogen and oxygen atoms in total. The molecule has 2 aromatic heterocycles. The van der Waals surface area contributed by atoms with Gasteiger partial charge in [0, 0.05) is 11.8 Å². The molecule has 0 aliphatic rings. The Bertz CT molecular complexity index is 704. The van der Waals surface area contributed by atoms with E-state index in [1.807, 2.05) is 0 Å². The minimum Gasteiger partial charge on any atom is -0.384 e. The maximum Gasteiger partial charge on any atom is 0.259 e. The number of halogens is 2. The second kappa shape index (κ2) is 6.73. The highest BCUT2D eigenvalue weighted by Gasteiger charge is 2.14. The predicted molar refractivity (Wildman–Crippen MR) is 80.5 cm³/mol. The predicted octanol–water partition coefficient (Wildman–Crippen LogP) is 3.05. The van der Waals surface area contributed by atoms with E-state index in [-0.39, 0.29) is 6.61 Å². The smallest absolute Gasteiger partial charge is 0.259 e. The Labute approximate surface area is 129 Å². The summed E-state index contributed by atoms with van der Waals surface area (Å²) in [7, 11) is 0. The van der Waals surface area contributed by atoms with E-state index in [0.29, 0.717) is 25.6 Å². The molecule has 0 radical (unpaired) electrons. The van der Waals surface area contributed by atoms with Crippen LogP contribution < -0.4 is 5.32 Å². The summed E-state index contributed by atoms with van der Waals surface area (Å²) >= 11 is 12.8. The van der Waals surface area contributed by atoms with Gasteiger partial charge < -0.3 is 10.4 Å². The highest BCUT2D eigenvalue weighted by Crippen LogP contribution is 2.31. The second-order valence-corrected chi connectivity index (χ2v) is 5.87. The lowest BCUT2D eigenvalue weighted by molar-refractivity contribution is 0.102. The van der Waals surface area contributed by atoms with Crippen molar-refractivity contribution >= 4 is 46.3 Å². The maximum absolute atomic E-state index is 12.0. The van der Waals surface area contributed by atoms with E-state index < -0.39 is 5.91 Å². The lowest BCUT2D eigenvalue weighted by atomic mass is 10.2. The Morgan fingerprint density at radius 2 is 2.25 bits per heavy atom. The Hall–Kier alpha value is -1.58. The molecule has 2 rings (SSSR count). The molecule has 2 N–H and O–H groups in total. The SMILES string of the molecule is O=C(Nc1cc(C#CCO)ccn1)c1cc(Cl)sc1Cl. The van der Waals surface area contributed by atoms with Crippen LogP contribution in [0.3, 0.4) is 0 Å². The van der Waals surface area contributed by atoms with Gasteiger partial charge in [-0.2, -0.15) is 0 Å². The average molecular weight is 327 g/mol. The minimum absolute atomic E-state index is 0.229. The van der Waals surface area contributed by atoms with E-state index in [1.165, 1.54) is 12.3 Å². The standard InChI is InChI=1S/C13H8Cl2N2O2S/c14-10-7-9(12(15)20-10)13(19)17-11-6-8(2-1-5-18)3-4-16-11/h3-4,6-7,18H,5H2,(H,16,17,19). The van der Waals surface area contributed by atoms with Crippen LogP contribution in [0.1, 0.15) is 15.9 Å². The van der Waals surface area contributed by atoms with Crippen LogP contribution >= 0.6 is 34.5 Å². The van der Waals surface area contributed by atoms with Crippen LogP contribution in [-0.4, -0.2) is 22.6 Å². The first-order valence-corrected chi connectivity index (χ1v) is 6.99. The van der Waals surface area contributed by atoms with Gasteiger partial charge in [0.1, 0.15) is 16.8 Å². The number of thiophene rings is 1. The van der Waals surface area contributed by atoms with Crippen LogP contribution in [0.25, 0.3) is 0 Å². The van der Waals surface area contributed by atoms with Gasteiger partial charge >= 0.3 is 0 Å². The number of nitrogens with one attached hydrogen (secondary N) is 1. The third-order valence-electron chi connectivity index (χ3n) is 2.21. The largest absolute Gasteiger partial charge is 0.384 e. The van der Waals surface area contributed by atoms with Gasteiger partial charge in [0.25, 0.3) is 5.91 Å². The van der Waals surface area contributed by atoms with Gasteiger partial charge in [-0.1, -0.05) is 35.0 Å². The fraction of sp³-hybridized carbons (Fsp3) is 0.0769. The number of aromatic nitrogens is 1. The number of pyridine rings is 1. The molecule has 0 bridgehead atoms. The van der Waals surface area contributed by atoms with E-state index >= 15 is 0 Å². The maximum atomic E-state index is 12.0. The molecular formula is C13H8Cl2N2O2S. The van der Waals surface area contributed by atoms with Gasteiger partial charge in [-0.15, -0.1) is 11.3 Å². The van der Waals surface area contributed by atoms with Gasteiger partial charge in [0.15, 0.2) is 0 Å². The van der Waals surface area contributed by atoms with Crippen LogP contribution in [0.15, 0.2) is 24.4 Å². The first-order valence-electron chi connectivity index (χ1n) is 5.42. The number of rotatable bonds is 2. The van der Waals surface area contributed by atoms with Gasteiger partial charge in [-0.3, -0.25) is 4.79 Å². The number of carbonyl (C=O) groups is 1. The highest BCUT2D eigenvalue weighted by molar-refractivity contribution is 7.20. The number of hydrogen-bond acceptors (Lipinski definition) is 4. The van der Waals surface area contributed by atoms with Crippen LogP contribution in [0.2, 0.25) is 8.67 Å². The molecule has 0 aromatic carbocycles. The first kappa shape index (κ1) is 14.8. The third kappa shape index (κ3) is 3.71. The molecule has 2 aromatic rings. The van der Waals surface area contributed by atoms with Crippen molar-refractivity contribution in [2.75, 3.05) is 11.9 Å². The molecule has 7 heteroatoms. The zero-order valence-electron chi connectivity index (χ0n) is 9.98. The van der Waals surface area contributed by atoms with Crippen molar-refractivity contribution in [1.82, 2.24) is 4.98 Å². The highest BCUT2D eigenvalue weighted by atomic mass is 35.5. The van der Waals surface area contributed by atoms with E-state index in [2.05, 4.69) is 22.1 Å². The number of anilines is 1. The number of carbonyl (C=O) groups excluding carboxylic acids is 1. The molecule has 20 heavy (non-hydrogen) atoms. The summed E-state index contributed by atoms with van der Waals surface area (Å²) in [5.41, 5.74) is 0.939. The molecule has 0 unspecified atom stereocenters. The molecule has 0 spiro atoms. The van der Waals surface area contributed by atoms with E-state index in [4.69, 9.17) is 28.3 Å². The fourth-order valence-corrected chi connectivity index (χ4v) is 2.86. The van der Waals surface area contributed by atoms with Gasteiger partial charge in [-0.25, -0.2) is 4.98 Å². The molecule has 0 saturated carbocycles. The lowest BCUT2D eigenvalue weighted by Gasteiger charge is -2.03. The molecular weight excluding hydrogens is 319 g/mol. The summed E-state index contributed by atoms with van der Waals surface area (Å²) in [6.07, 6.45) is 1.51. The average Bonchev–Trinajstić information content (AvgIpc) is 2.76. The molecule has 102 valence electrons. The van der Waals surface area contributed by atoms with Crippen LogP contribution in [-0.2, 0) is 0 Å². The Morgan fingerprint density at radius 1 is 1.45 bits per heavy atom. The van der Waals surface area contributed by atoms with Crippen molar-refractivity contribution in [1.29, 1.82) is 0 Å². The quantitative estimate of drug-likeness (QED) is 0.834. The van der Waals surface area contributed by atoms with Crippen LogP contribution in [0.5, 0.6) is 0 Å².